The van der Waals surface area contributed by atoms with Gasteiger partial charge in [0.05, 0.1) is 19.0 Å². The fourth-order valence-corrected chi connectivity index (χ4v) is 3.97. The zero-order valence-electron chi connectivity index (χ0n) is 14.9. The third-order valence-corrected chi connectivity index (χ3v) is 5.39. The van der Waals surface area contributed by atoms with Gasteiger partial charge in [-0.1, -0.05) is 36.4 Å². The van der Waals surface area contributed by atoms with Gasteiger partial charge in [0.1, 0.15) is 5.75 Å². The lowest BCUT2D eigenvalue weighted by Gasteiger charge is -2.36. The van der Waals surface area contributed by atoms with Crippen LogP contribution in [0.15, 0.2) is 48.5 Å². The molecule has 3 rings (SSSR count). The maximum absolute atomic E-state index is 11.1. The Morgan fingerprint density at radius 3 is 2.19 bits per heavy atom. The third-order valence-electron chi connectivity index (χ3n) is 4.62. The first-order valence-electron chi connectivity index (χ1n) is 8.67. The van der Waals surface area contributed by atoms with E-state index in [2.05, 4.69) is 15.9 Å². The number of hydrogen-bond acceptors (Lipinski definition) is 4. The van der Waals surface area contributed by atoms with Crippen molar-refractivity contribution in [2.45, 2.75) is 12.7 Å². The van der Waals surface area contributed by atoms with E-state index in [1.165, 1.54) is 0 Å². The van der Waals surface area contributed by atoms with E-state index in [4.69, 9.17) is 14.5 Å². The van der Waals surface area contributed by atoms with Crippen LogP contribution in [0.2, 0.25) is 0 Å². The Hall–Kier alpha value is -1.85. The van der Waals surface area contributed by atoms with Crippen molar-refractivity contribution in [3.8, 4) is 5.75 Å². The number of benzene rings is 2. The van der Waals surface area contributed by atoms with Crippen LogP contribution in [0.4, 0.5) is 5.69 Å². The number of methoxy groups -OCH3 is 1. The Morgan fingerprint density at radius 2 is 1.58 bits per heavy atom. The molecule has 0 spiro atoms. The summed E-state index contributed by atoms with van der Waals surface area (Å²) in [5.41, 5.74) is 2.96. The number of nitrogens with zero attached hydrogens (tertiary/aromatic N) is 2. The Balaban J connectivity index is 1.55. The fourth-order valence-electron chi connectivity index (χ4n) is 3.28. The van der Waals surface area contributed by atoms with E-state index < -0.39 is 7.60 Å². The average molecular weight is 376 g/mol. The van der Waals surface area contributed by atoms with Crippen LogP contribution in [0.1, 0.15) is 11.1 Å². The number of rotatable bonds is 6. The van der Waals surface area contributed by atoms with Crippen LogP contribution in [-0.2, 0) is 17.3 Å². The number of hydrogen-bond donors (Lipinski definition) is 2. The van der Waals surface area contributed by atoms with E-state index in [0.717, 1.165) is 49.7 Å². The van der Waals surface area contributed by atoms with Gasteiger partial charge in [-0.05, 0) is 23.3 Å². The lowest BCUT2D eigenvalue weighted by atomic mass is 10.1. The van der Waals surface area contributed by atoms with Gasteiger partial charge in [-0.25, -0.2) is 0 Å². The van der Waals surface area contributed by atoms with Crippen molar-refractivity contribution in [1.29, 1.82) is 0 Å². The monoisotopic (exact) mass is 376 g/mol. The molecule has 1 aliphatic heterocycles. The average Bonchev–Trinajstić information content (AvgIpc) is 2.63. The molecule has 0 aromatic heterocycles. The van der Waals surface area contributed by atoms with Crippen molar-refractivity contribution in [2.75, 3.05) is 38.2 Å². The van der Waals surface area contributed by atoms with Gasteiger partial charge in [0.25, 0.3) is 0 Å². The van der Waals surface area contributed by atoms with Crippen LogP contribution in [0, 0.1) is 0 Å². The molecule has 26 heavy (non-hydrogen) atoms. The number of anilines is 1. The minimum Gasteiger partial charge on any atom is -0.495 e. The molecule has 2 N–H and O–H groups in total. The first-order valence-corrected chi connectivity index (χ1v) is 10.5. The Morgan fingerprint density at radius 1 is 0.962 bits per heavy atom. The molecule has 2 aromatic carbocycles. The summed E-state index contributed by atoms with van der Waals surface area (Å²) in [6.45, 7) is 4.65. The van der Waals surface area contributed by atoms with Crippen molar-refractivity contribution in [1.82, 2.24) is 4.90 Å². The highest BCUT2D eigenvalue weighted by Gasteiger charge is 2.19. The lowest BCUT2D eigenvalue weighted by molar-refractivity contribution is 0.249. The summed E-state index contributed by atoms with van der Waals surface area (Å²) < 4.78 is 16.5. The van der Waals surface area contributed by atoms with Crippen molar-refractivity contribution in [2.24, 2.45) is 0 Å². The summed E-state index contributed by atoms with van der Waals surface area (Å²) >= 11 is 0. The van der Waals surface area contributed by atoms with E-state index in [0.29, 0.717) is 5.56 Å². The molecule has 7 heteroatoms. The highest BCUT2D eigenvalue weighted by Crippen LogP contribution is 2.39. The molecular formula is C19H25N2O4P. The molecule has 0 aliphatic carbocycles. The van der Waals surface area contributed by atoms with Crippen molar-refractivity contribution in [3.05, 3.63) is 59.7 Å². The number of para-hydroxylation sites is 2. The van der Waals surface area contributed by atoms with Crippen LogP contribution in [0.25, 0.3) is 0 Å². The normalized spacial score (nSPS) is 15.9. The molecule has 0 unspecified atom stereocenters. The summed E-state index contributed by atoms with van der Waals surface area (Å²) in [7, 11) is -2.31. The Kier molecular flexibility index (Phi) is 5.99. The molecule has 0 radical (unpaired) electrons. The molecule has 1 aliphatic rings. The van der Waals surface area contributed by atoms with Gasteiger partial charge in [0, 0.05) is 32.7 Å². The highest BCUT2D eigenvalue weighted by molar-refractivity contribution is 7.50. The predicted molar refractivity (Wildman–Crippen MR) is 103 cm³/mol. The fraction of sp³-hybridized carbons (Fsp3) is 0.368. The molecule has 1 fully saturated rings. The molecule has 2 aromatic rings. The van der Waals surface area contributed by atoms with Gasteiger partial charge in [0.15, 0.2) is 0 Å². The Labute approximate surface area is 154 Å². The van der Waals surface area contributed by atoms with Crippen LogP contribution >= 0.6 is 7.60 Å². The minimum absolute atomic E-state index is 0.204. The maximum atomic E-state index is 11.1. The first kappa shape index (κ1) is 18.9. The lowest BCUT2D eigenvalue weighted by Crippen LogP contribution is -2.46. The summed E-state index contributed by atoms with van der Waals surface area (Å²) in [6.07, 6.45) is -0.204. The zero-order chi connectivity index (χ0) is 18.6. The van der Waals surface area contributed by atoms with Gasteiger partial charge >= 0.3 is 7.60 Å². The molecule has 6 nitrogen and oxygen atoms in total. The van der Waals surface area contributed by atoms with Gasteiger partial charge < -0.3 is 19.4 Å². The smallest absolute Gasteiger partial charge is 0.329 e. The number of piperazine rings is 1. The molecule has 1 heterocycles. The quantitative estimate of drug-likeness (QED) is 0.756. The van der Waals surface area contributed by atoms with Crippen molar-refractivity contribution >= 4 is 13.3 Å². The first-order chi connectivity index (χ1) is 12.4. The molecule has 1 saturated heterocycles. The topological polar surface area (TPSA) is 73.2 Å². The second-order valence-electron chi connectivity index (χ2n) is 6.57. The largest absolute Gasteiger partial charge is 0.495 e. The van der Waals surface area contributed by atoms with Gasteiger partial charge in [0.2, 0.25) is 0 Å². The standard InChI is InChI=1S/C19H25N2O4P/c1-25-19-5-3-2-4-18(19)21-12-10-20(11-13-21)14-16-6-8-17(9-7-16)15-26(22,23)24/h2-9H,10-15H2,1H3,(H2,22,23,24). The van der Waals surface area contributed by atoms with E-state index >= 15 is 0 Å². The predicted octanol–water partition coefficient (Wildman–Crippen LogP) is 2.70. The zero-order valence-corrected chi connectivity index (χ0v) is 15.8. The molecular weight excluding hydrogens is 351 g/mol. The molecule has 0 atom stereocenters. The maximum Gasteiger partial charge on any atom is 0.329 e. The summed E-state index contributed by atoms with van der Waals surface area (Å²) in [6, 6.07) is 15.6. The second kappa shape index (κ2) is 8.23. The molecule has 140 valence electrons. The van der Waals surface area contributed by atoms with Crippen LogP contribution < -0.4 is 9.64 Å². The van der Waals surface area contributed by atoms with E-state index in [-0.39, 0.29) is 6.16 Å². The summed E-state index contributed by atoms with van der Waals surface area (Å²) in [5.74, 6) is 0.904. The van der Waals surface area contributed by atoms with Gasteiger partial charge in [-0.15, -0.1) is 0 Å². The summed E-state index contributed by atoms with van der Waals surface area (Å²) in [4.78, 5) is 22.8. The van der Waals surface area contributed by atoms with Gasteiger partial charge in [-0.2, -0.15) is 0 Å². The van der Waals surface area contributed by atoms with E-state index in [1.807, 2.05) is 30.3 Å². The van der Waals surface area contributed by atoms with E-state index in [1.54, 1.807) is 19.2 Å². The van der Waals surface area contributed by atoms with Crippen molar-refractivity contribution < 1.29 is 19.1 Å². The van der Waals surface area contributed by atoms with Crippen LogP contribution in [0.5, 0.6) is 5.75 Å². The highest BCUT2D eigenvalue weighted by atomic mass is 31.2. The molecule has 0 amide bonds. The molecule has 0 bridgehead atoms. The second-order valence-corrected chi connectivity index (χ2v) is 8.22. The van der Waals surface area contributed by atoms with Crippen molar-refractivity contribution in [3.63, 3.8) is 0 Å². The summed E-state index contributed by atoms with van der Waals surface area (Å²) in [5, 5.41) is 0. The SMILES string of the molecule is COc1ccccc1N1CCN(Cc2ccc(CP(=O)(O)O)cc2)CC1. The molecule has 0 saturated carbocycles. The third kappa shape index (κ3) is 5.08. The minimum atomic E-state index is -4.01. The van der Waals surface area contributed by atoms with Crippen LogP contribution in [0.3, 0.4) is 0 Å². The van der Waals surface area contributed by atoms with Crippen LogP contribution in [-0.4, -0.2) is 48.0 Å². The Bertz CT molecular complexity index is 767. The van der Waals surface area contributed by atoms with E-state index in [9.17, 15) is 4.57 Å². The van der Waals surface area contributed by atoms with Gasteiger partial charge in [-0.3, -0.25) is 9.46 Å². The number of ether oxygens (including phenoxy) is 1.